The molecular formula is C13H25N3O. The summed E-state index contributed by atoms with van der Waals surface area (Å²) in [6.45, 7) is 8.11. The molecule has 0 aromatic carbocycles. The summed E-state index contributed by atoms with van der Waals surface area (Å²) in [6, 6.07) is 0.376. The molecule has 1 heterocycles. The Labute approximate surface area is 104 Å². The van der Waals surface area contributed by atoms with Crippen LogP contribution in [0.1, 0.15) is 32.8 Å². The van der Waals surface area contributed by atoms with Crippen LogP contribution in [0.25, 0.3) is 0 Å². The summed E-state index contributed by atoms with van der Waals surface area (Å²) in [5.74, 6) is 0. The summed E-state index contributed by atoms with van der Waals surface area (Å²) < 4.78 is 7.53. The van der Waals surface area contributed by atoms with Gasteiger partial charge >= 0.3 is 0 Å². The fraction of sp³-hybridized carbons (Fsp3) is 0.769. The van der Waals surface area contributed by atoms with Crippen molar-refractivity contribution in [2.45, 2.75) is 45.8 Å². The lowest BCUT2D eigenvalue weighted by Gasteiger charge is -2.19. The number of aryl methyl sites for hydroxylation is 1. The van der Waals surface area contributed by atoms with Crippen molar-refractivity contribution in [1.29, 1.82) is 0 Å². The highest BCUT2D eigenvalue weighted by molar-refractivity contribution is 5.06. The minimum Gasteiger partial charge on any atom is -0.377 e. The minimum absolute atomic E-state index is 0.287. The Hall–Kier alpha value is -0.870. The number of hydrogen-bond acceptors (Lipinski definition) is 3. The van der Waals surface area contributed by atoms with E-state index in [1.807, 2.05) is 17.9 Å². The molecule has 98 valence electrons. The fourth-order valence-corrected chi connectivity index (χ4v) is 1.71. The topological polar surface area (TPSA) is 39.1 Å². The molecule has 1 rings (SSSR count). The van der Waals surface area contributed by atoms with Gasteiger partial charge in [-0.2, -0.15) is 5.10 Å². The molecule has 1 aromatic heterocycles. The predicted molar refractivity (Wildman–Crippen MR) is 70.1 cm³/mol. The van der Waals surface area contributed by atoms with Crippen molar-refractivity contribution in [1.82, 2.24) is 15.1 Å². The molecule has 4 heteroatoms. The molecule has 0 spiro atoms. The van der Waals surface area contributed by atoms with Crippen molar-refractivity contribution in [3.63, 3.8) is 0 Å². The first-order valence-corrected chi connectivity index (χ1v) is 6.44. The molecule has 1 atom stereocenters. The second-order valence-corrected chi connectivity index (χ2v) is 4.76. The van der Waals surface area contributed by atoms with Crippen LogP contribution in [0.4, 0.5) is 0 Å². The molecular weight excluding hydrogens is 214 g/mol. The Morgan fingerprint density at radius 1 is 1.47 bits per heavy atom. The van der Waals surface area contributed by atoms with E-state index in [1.165, 1.54) is 5.56 Å². The van der Waals surface area contributed by atoms with E-state index < -0.39 is 0 Å². The van der Waals surface area contributed by atoms with E-state index in [9.17, 15) is 0 Å². The maximum absolute atomic E-state index is 5.69. The smallest absolute Gasteiger partial charge is 0.0626 e. The van der Waals surface area contributed by atoms with Gasteiger partial charge in [0.2, 0.25) is 0 Å². The van der Waals surface area contributed by atoms with Crippen LogP contribution in [-0.2, 0) is 18.2 Å². The number of rotatable bonds is 8. The molecule has 0 bridgehead atoms. The monoisotopic (exact) mass is 239 g/mol. The number of ether oxygens (including phenoxy) is 1. The van der Waals surface area contributed by atoms with Crippen LogP contribution in [-0.4, -0.2) is 35.1 Å². The SMILES string of the molecule is CCCNC(COC(C)C)Cc1cnn(C)c1. The van der Waals surface area contributed by atoms with Gasteiger partial charge in [-0.3, -0.25) is 4.68 Å². The van der Waals surface area contributed by atoms with Gasteiger partial charge in [0.1, 0.15) is 0 Å². The van der Waals surface area contributed by atoms with Crippen LogP contribution in [0.3, 0.4) is 0 Å². The summed E-state index contributed by atoms with van der Waals surface area (Å²) in [5.41, 5.74) is 1.26. The molecule has 0 aliphatic heterocycles. The molecule has 0 aliphatic carbocycles. The first-order valence-electron chi connectivity index (χ1n) is 6.44. The van der Waals surface area contributed by atoms with Gasteiger partial charge in [-0.05, 0) is 38.8 Å². The summed E-state index contributed by atoms with van der Waals surface area (Å²) in [5, 5.41) is 7.71. The molecule has 1 aromatic rings. The lowest BCUT2D eigenvalue weighted by molar-refractivity contribution is 0.0613. The maximum Gasteiger partial charge on any atom is 0.0626 e. The Morgan fingerprint density at radius 3 is 2.76 bits per heavy atom. The third-order valence-electron chi connectivity index (χ3n) is 2.55. The van der Waals surface area contributed by atoms with Gasteiger partial charge < -0.3 is 10.1 Å². The molecule has 1 unspecified atom stereocenters. The zero-order chi connectivity index (χ0) is 12.7. The molecule has 0 fully saturated rings. The Kier molecular flexibility index (Phi) is 6.22. The van der Waals surface area contributed by atoms with Gasteiger partial charge in [-0.25, -0.2) is 0 Å². The Bertz CT molecular complexity index is 309. The minimum atomic E-state index is 0.287. The second kappa shape index (κ2) is 7.45. The highest BCUT2D eigenvalue weighted by Crippen LogP contribution is 2.03. The number of aromatic nitrogens is 2. The summed E-state index contributed by atoms with van der Waals surface area (Å²) >= 11 is 0. The van der Waals surface area contributed by atoms with Crippen LogP contribution in [0, 0.1) is 0 Å². The molecule has 0 saturated heterocycles. The van der Waals surface area contributed by atoms with Gasteiger partial charge in [-0.15, -0.1) is 0 Å². The number of nitrogens with zero attached hydrogens (tertiary/aromatic N) is 2. The van der Waals surface area contributed by atoms with Crippen LogP contribution < -0.4 is 5.32 Å². The van der Waals surface area contributed by atoms with Gasteiger partial charge in [0, 0.05) is 19.3 Å². The molecule has 0 aliphatic rings. The van der Waals surface area contributed by atoms with E-state index in [4.69, 9.17) is 4.74 Å². The third-order valence-corrected chi connectivity index (χ3v) is 2.55. The van der Waals surface area contributed by atoms with Gasteiger partial charge in [-0.1, -0.05) is 6.92 Å². The lowest BCUT2D eigenvalue weighted by Crippen LogP contribution is -2.36. The van der Waals surface area contributed by atoms with Crippen molar-refractivity contribution >= 4 is 0 Å². The van der Waals surface area contributed by atoms with Crippen LogP contribution in [0.5, 0.6) is 0 Å². The van der Waals surface area contributed by atoms with Crippen molar-refractivity contribution in [3.8, 4) is 0 Å². The molecule has 0 radical (unpaired) electrons. The first kappa shape index (κ1) is 14.2. The van der Waals surface area contributed by atoms with Crippen LogP contribution in [0.2, 0.25) is 0 Å². The Morgan fingerprint density at radius 2 is 2.24 bits per heavy atom. The number of hydrogen-bond donors (Lipinski definition) is 1. The normalized spacial score (nSPS) is 13.2. The molecule has 0 saturated carbocycles. The maximum atomic E-state index is 5.69. The van der Waals surface area contributed by atoms with Crippen molar-refractivity contribution < 1.29 is 4.74 Å². The lowest BCUT2D eigenvalue weighted by atomic mass is 10.1. The van der Waals surface area contributed by atoms with E-state index in [2.05, 4.69) is 37.4 Å². The summed E-state index contributed by atoms with van der Waals surface area (Å²) in [7, 11) is 1.95. The largest absolute Gasteiger partial charge is 0.377 e. The van der Waals surface area contributed by atoms with E-state index in [1.54, 1.807) is 0 Å². The second-order valence-electron chi connectivity index (χ2n) is 4.76. The molecule has 4 nitrogen and oxygen atoms in total. The van der Waals surface area contributed by atoms with Crippen LogP contribution in [0.15, 0.2) is 12.4 Å². The standard InChI is InChI=1S/C13H25N3O/c1-5-6-14-13(10-17-11(2)3)7-12-8-15-16(4)9-12/h8-9,11,13-14H,5-7,10H2,1-4H3. The molecule has 0 amide bonds. The highest BCUT2D eigenvalue weighted by Gasteiger charge is 2.11. The van der Waals surface area contributed by atoms with Crippen molar-refractivity contribution in [2.75, 3.05) is 13.2 Å². The zero-order valence-corrected chi connectivity index (χ0v) is 11.4. The van der Waals surface area contributed by atoms with E-state index in [0.717, 1.165) is 26.0 Å². The van der Waals surface area contributed by atoms with E-state index in [-0.39, 0.29) is 6.10 Å². The van der Waals surface area contributed by atoms with Crippen molar-refractivity contribution in [3.05, 3.63) is 18.0 Å². The summed E-state index contributed by atoms with van der Waals surface area (Å²) in [6.07, 6.45) is 6.40. The van der Waals surface area contributed by atoms with Gasteiger partial charge in [0.25, 0.3) is 0 Å². The predicted octanol–water partition coefficient (Wildman–Crippen LogP) is 1.76. The van der Waals surface area contributed by atoms with Crippen molar-refractivity contribution in [2.24, 2.45) is 7.05 Å². The van der Waals surface area contributed by atoms with Crippen LogP contribution >= 0.6 is 0 Å². The van der Waals surface area contributed by atoms with Gasteiger partial charge in [0.05, 0.1) is 18.9 Å². The van der Waals surface area contributed by atoms with E-state index in [0.29, 0.717) is 6.04 Å². The molecule has 1 N–H and O–H groups in total. The zero-order valence-electron chi connectivity index (χ0n) is 11.4. The average Bonchev–Trinajstić information content (AvgIpc) is 2.68. The fourth-order valence-electron chi connectivity index (χ4n) is 1.71. The Balaban J connectivity index is 2.44. The highest BCUT2D eigenvalue weighted by atomic mass is 16.5. The first-order chi connectivity index (χ1) is 8.11. The average molecular weight is 239 g/mol. The van der Waals surface area contributed by atoms with E-state index >= 15 is 0 Å². The third kappa shape index (κ3) is 5.84. The number of nitrogens with one attached hydrogen (secondary N) is 1. The summed E-state index contributed by atoms with van der Waals surface area (Å²) in [4.78, 5) is 0. The molecule has 17 heavy (non-hydrogen) atoms. The van der Waals surface area contributed by atoms with Gasteiger partial charge in [0.15, 0.2) is 0 Å². The quantitative estimate of drug-likeness (QED) is 0.751.